The highest BCUT2D eigenvalue weighted by Crippen LogP contribution is 2.37. The van der Waals surface area contributed by atoms with Crippen LogP contribution in [0.1, 0.15) is 146 Å². The molecule has 788 valence electrons. The molecule has 0 saturated carbocycles. The van der Waals surface area contributed by atoms with E-state index in [4.69, 9.17) is 77.0 Å². The number of carboxylic acid groups (broad SMARTS) is 2. The lowest BCUT2D eigenvalue weighted by Crippen LogP contribution is -2.72. The van der Waals surface area contributed by atoms with E-state index in [-0.39, 0.29) is 51.6 Å². The van der Waals surface area contributed by atoms with Gasteiger partial charge >= 0.3 is 11.9 Å². The predicted molar refractivity (Wildman–Crippen MR) is 464 cm³/mol. The molecule has 4 heterocycles. The van der Waals surface area contributed by atoms with Crippen LogP contribution in [0.15, 0.2) is 0 Å². The number of aliphatic carboxylic acids is 2. The number of ether oxygens (including phenoxy) is 9. The lowest BCUT2D eigenvalue weighted by Gasteiger charge is -2.52. The van der Waals surface area contributed by atoms with Crippen molar-refractivity contribution in [3.05, 3.63) is 0 Å². The molecular weight excluding hydrogens is 1860 g/mol. The first-order valence-corrected chi connectivity index (χ1v) is 44.3. The van der Waals surface area contributed by atoms with Crippen molar-refractivity contribution in [3.63, 3.8) is 0 Å². The van der Waals surface area contributed by atoms with Crippen molar-refractivity contribution in [2.45, 2.75) is 341 Å². The fraction of sp³-hybridized carbons (Fsp3) is 0.750. The Bertz CT molecular complexity index is 4230. The van der Waals surface area contributed by atoms with Gasteiger partial charge in [-0.25, -0.2) is 0 Å². The normalized spacial score (nSPS) is 27.1. The van der Waals surface area contributed by atoms with Gasteiger partial charge in [-0.05, 0) is 92.9 Å². The van der Waals surface area contributed by atoms with Gasteiger partial charge in [0.1, 0.15) is 158 Å². The summed E-state index contributed by atoms with van der Waals surface area (Å²) in [6.45, 7) is 5.93. The molecule has 0 spiro atoms. The zero-order valence-electron chi connectivity index (χ0n) is 78.0. The molecule has 36 N–H and O–H groups in total. The molecule has 0 aromatic heterocycles. The molecule has 18 amide bonds. The molecule has 32 unspecified atom stereocenters. The molecule has 4 aliphatic heterocycles. The zero-order valence-corrected chi connectivity index (χ0v) is 78.0. The number of nitrogens with one attached hydrogen (secondary N) is 14. The van der Waals surface area contributed by atoms with Crippen molar-refractivity contribution in [1.29, 1.82) is 0 Å². The minimum absolute atomic E-state index is 0.00841. The van der Waals surface area contributed by atoms with E-state index in [0.29, 0.717) is 0 Å². The quantitative estimate of drug-likeness (QED) is 0.0251. The lowest BCUT2D eigenvalue weighted by molar-refractivity contribution is -0.365. The second-order valence-corrected chi connectivity index (χ2v) is 33.5. The van der Waals surface area contributed by atoms with Gasteiger partial charge in [0.15, 0.2) is 25.2 Å². The Hall–Kier alpha value is -11.4. The van der Waals surface area contributed by atoms with Crippen molar-refractivity contribution < 1.29 is 190 Å². The number of hydrogen-bond acceptors (Lipinski definition) is 39. The summed E-state index contributed by atoms with van der Waals surface area (Å²) in [4.78, 5) is 258. The van der Waals surface area contributed by atoms with Gasteiger partial charge in [0.25, 0.3) is 0 Å². The molecule has 0 aromatic carbocycles. The largest absolute Gasteiger partial charge is 0.480 e. The van der Waals surface area contributed by atoms with E-state index in [1.54, 1.807) is 0 Å². The first kappa shape index (κ1) is 120. The average Bonchev–Trinajstić information content (AvgIpc) is 0.756. The second-order valence-electron chi connectivity index (χ2n) is 33.5. The SMILES string of the molecule is CC(=O)NC1C(OC2C(CO)OC(OC3C(CO)OC(OC4C(CO)OC(O)C(NC(C)=O)C4OC(C)C(=O)NC(C)C(=O)NC(CCC(=O)NC(CCCCNC(=O)CC(N)C(N)=O)C(=O)NC(C)C(=O)O)C(N)=O)C(NC(C)=O)C3O)C(NC(C)=O)C2OC(C)C(=O)NC(C)C(=O)NC(CCC(=O)NC(CCCCNC(=O)CC(N)C(N)=O)C(=O)NC(C)C(=O)O)C(N)=O)OC(CO)C(O)C1O. The summed E-state index contributed by atoms with van der Waals surface area (Å²) in [7, 11) is 0. The first-order chi connectivity index (χ1) is 65.1. The highest BCUT2D eigenvalue weighted by molar-refractivity contribution is 5.96. The smallest absolute Gasteiger partial charge is 0.325 e. The fourth-order valence-electron chi connectivity index (χ4n) is 14.5. The number of primary amides is 4. The van der Waals surface area contributed by atoms with Crippen LogP contribution in [0, 0.1) is 0 Å². The standard InChI is InChI=1S/C80H134N20O39/c1-29(69(120)99-41(67(85)118)17-19-49(109)97-43(73(124)91-31(3)75(126)127)15-11-13-21-87-51(111)23-39(81)65(83)116)89-71(122)33(5)131-63-55(95-37(9)107)77(130)133-47(27-103)61(63)138-79-54(94-36(8)106)59(115)60(46(26-102)135-79)137-80-56(96-38(10)108)64(62(48(28-104)136-80)139-78-53(93-35(7)105)58(114)57(113)45(25-101)134-78)132-34(6)72(123)90-30(2)70(121)100-42(68(86)119)18-20-50(110)98-44(74(125)92-32(4)76(128)129)16-12-14-22-88-52(112)24-40(82)66(84)117/h29-34,39-48,53-64,77-80,101-104,113-115,130H,11-28,81-82H2,1-10H3,(H2,83,116)(H2,84,117)(H2,85,118)(H2,86,119)(H,87,111)(H,88,112)(H,89,122)(H,90,123)(H,91,124)(H,92,125)(H,93,105)(H,94,106)(H,95,107)(H,96,108)(H,97,109)(H,98,110)(H,99,120)(H,100,121)(H,126,127)(H,128,129). The zero-order chi connectivity index (χ0) is 105. The van der Waals surface area contributed by atoms with Gasteiger partial charge in [-0.15, -0.1) is 0 Å². The Labute approximate surface area is 794 Å². The minimum atomic E-state index is -2.29. The number of carbonyl (C=O) groups is 20. The number of nitrogens with two attached hydrogens (primary N) is 6. The predicted octanol–water partition coefficient (Wildman–Crippen LogP) is -16.7. The number of carbonyl (C=O) groups excluding carboxylic acids is 18. The third-order valence-electron chi connectivity index (χ3n) is 22.2. The molecule has 4 aliphatic rings. The van der Waals surface area contributed by atoms with Gasteiger partial charge in [-0.1, -0.05) is 0 Å². The number of aliphatic hydroxyl groups is 8. The molecule has 59 heteroatoms. The molecule has 4 rings (SSSR count). The summed E-state index contributed by atoms with van der Waals surface area (Å²) in [5, 5.41) is 142. The van der Waals surface area contributed by atoms with Crippen LogP contribution in [0.3, 0.4) is 0 Å². The third kappa shape index (κ3) is 38.3. The summed E-state index contributed by atoms with van der Waals surface area (Å²) in [6, 6.07) is -22.4. The molecule has 4 fully saturated rings. The summed E-state index contributed by atoms with van der Waals surface area (Å²) in [5.74, 6) is -20.4. The molecule has 0 aromatic rings. The van der Waals surface area contributed by atoms with Crippen molar-refractivity contribution in [3.8, 4) is 0 Å². The van der Waals surface area contributed by atoms with E-state index in [9.17, 15) is 147 Å². The molecule has 139 heavy (non-hydrogen) atoms. The summed E-state index contributed by atoms with van der Waals surface area (Å²) >= 11 is 0. The van der Waals surface area contributed by atoms with Crippen molar-refractivity contribution in [1.82, 2.24) is 74.4 Å². The number of hydrogen-bond donors (Lipinski definition) is 30. The van der Waals surface area contributed by atoms with Crippen LogP contribution in [-0.4, -0.2) is 404 Å². The van der Waals surface area contributed by atoms with Crippen LogP contribution >= 0.6 is 0 Å². The van der Waals surface area contributed by atoms with Gasteiger partial charge in [0.2, 0.25) is 106 Å². The van der Waals surface area contributed by atoms with Gasteiger partial charge in [0, 0.05) is 53.6 Å². The number of aliphatic hydroxyl groups excluding tert-OH is 8. The minimum Gasteiger partial charge on any atom is -0.480 e. The molecular formula is C80H134N20O39. The van der Waals surface area contributed by atoms with Crippen LogP contribution in [-0.2, 0) is 139 Å². The van der Waals surface area contributed by atoms with Crippen LogP contribution < -0.4 is 109 Å². The van der Waals surface area contributed by atoms with Gasteiger partial charge in [-0.2, -0.15) is 0 Å². The summed E-state index contributed by atoms with van der Waals surface area (Å²) in [5.41, 5.74) is 32.5. The Morgan fingerprint density at radius 2 is 0.655 bits per heavy atom. The topological polar surface area (TPSA) is 951 Å². The maximum absolute atomic E-state index is 14.5. The van der Waals surface area contributed by atoms with E-state index >= 15 is 0 Å². The summed E-state index contributed by atoms with van der Waals surface area (Å²) in [6.07, 6.45) is -38.8. The van der Waals surface area contributed by atoms with Crippen LogP contribution in [0.5, 0.6) is 0 Å². The molecule has 0 radical (unpaired) electrons. The van der Waals surface area contributed by atoms with Crippen molar-refractivity contribution in [2.24, 2.45) is 34.4 Å². The number of amides is 18. The monoisotopic (exact) mass is 2000 g/mol. The molecule has 0 aliphatic carbocycles. The van der Waals surface area contributed by atoms with Gasteiger partial charge in [-0.3, -0.25) is 95.9 Å². The Morgan fingerprint density at radius 3 is 1.01 bits per heavy atom. The van der Waals surface area contributed by atoms with Gasteiger partial charge in [0.05, 0.1) is 51.4 Å². The molecule has 0 bridgehead atoms. The molecule has 32 atom stereocenters. The maximum atomic E-state index is 14.5. The van der Waals surface area contributed by atoms with E-state index in [1.807, 2.05) is 0 Å². The van der Waals surface area contributed by atoms with Crippen LogP contribution in [0.25, 0.3) is 0 Å². The van der Waals surface area contributed by atoms with Crippen LogP contribution in [0.2, 0.25) is 0 Å². The fourth-order valence-corrected chi connectivity index (χ4v) is 14.5. The van der Waals surface area contributed by atoms with E-state index in [0.717, 1.165) is 69.2 Å². The number of carboxylic acids is 2. The van der Waals surface area contributed by atoms with Crippen LogP contribution in [0.4, 0.5) is 0 Å². The lowest BCUT2D eigenvalue weighted by atomic mass is 9.92. The van der Waals surface area contributed by atoms with E-state index < -0.39 is 378 Å². The highest BCUT2D eigenvalue weighted by Gasteiger charge is 2.58. The first-order valence-electron chi connectivity index (χ1n) is 44.3. The highest BCUT2D eigenvalue weighted by atomic mass is 16.8. The molecule has 59 nitrogen and oxygen atoms in total. The Balaban J connectivity index is 1.66. The number of rotatable bonds is 58. The second kappa shape index (κ2) is 58.0. The van der Waals surface area contributed by atoms with Gasteiger partial charge < -0.3 is 203 Å². The third-order valence-corrected chi connectivity index (χ3v) is 22.2. The Morgan fingerprint density at radius 1 is 0.331 bits per heavy atom. The van der Waals surface area contributed by atoms with Crippen molar-refractivity contribution in [2.75, 3.05) is 39.5 Å². The summed E-state index contributed by atoms with van der Waals surface area (Å²) < 4.78 is 55.9. The van der Waals surface area contributed by atoms with E-state index in [2.05, 4.69) is 74.4 Å². The van der Waals surface area contributed by atoms with E-state index in [1.165, 1.54) is 0 Å². The molecule has 4 saturated heterocycles. The maximum Gasteiger partial charge on any atom is 0.325 e. The van der Waals surface area contributed by atoms with Crippen molar-refractivity contribution >= 4 is 118 Å². The number of unbranched alkanes of at least 4 members (excludes halogenated alkanes) is 2. The Kier molecular flexibility index (Phi) is 50.1. The average molecular weight is 2000 g/mol.